The van der Waals surface area contributed by atoms with Crippen LogP contribution in [-0.2, 0) is 17.9 Å². The van der Waals surface area contributed by atoms with E-state index in [9.17, 15) is 14.3 Å². The van der Waals surface area contributed by atoms with Crippen molar-refractivity contribution in [3.05, 3.63) is 95.3 Å². The fraction of sp³-hybridized carbons (Fsp3) is 0.367. The summed E-state index contributed by atoms with van der Waals surface area (Å²) in [5.74, 6) is -0.325. The van der Waals surface area contributed by atoms with Crippen molar-refractivity contribution in [2.75, 3.05) is 26.7 Å². The van der Waals surface area contributed by atoms with Gasteiger partial charge in [0, 0.05) is 31.1 Å². The van der Waals surface area contributed by atoms with Gasteiger partial charge in [0.1, 0.15) is 5.82 Å². The number of carbonyl (C=O) groups excluding carboxylic acids is 1. The van der Waals surface area contributed by atoms with E-state index in [1.54, 1.807) is 17.0 Å². The Morgan fingerprint density at radius 3 is 2.36 bits per heavy atom. The van der Waals surface area contributed by atoms with Crippen molar-refractivity contribution < 1.29 is 19.0 Å². The lowest BCUT2D eigenvalue weighted by Gasteiger charge is -2.35. The van der Waals surface area contributed by atoms with E-state index in [1.165, 1.54) is 12.1 Å². The van der Waals surface area contributed by atoms with Crippen molar-refractivity contribution in [2.45, 2.75) is 39.1 Å². The Morgan fingerprint density at radius 1 is 1.03 bits per heavy atom. The van der Waals surface area contributed by atoms with Gasteiger partial charge < -0.3 is 14.7 Å². The summed E-state index contributed by atoms with van der Waals surface area (Å²) in [5, 5.41) is 9.98. The van der Waals surface area contributed by atoms with Crippen LogP contribution in [0.2, 0.25) is 0 Å². The third-order valence-corrected chi connectivity index (χ3v) is 6.95. The molecule has 3 atom stereocenters. The number of hydrogen-bond donors (Lipinski definition) is 1. The van der Waals surface area contributed by atoms with Crippen molar-refractivity contribution in [3.8, 4) is 11.1 Å². The van der Waals surface area contributed by atoms with Gasteiger partial charge in [-0.2, -0.15) is 0 Å². The molecule has 0 spiro atoms. The summed E-state index contributed by atoms with van der Waals surface area (Å²) >= 11 is 0. The van der Waals surface area contributed by atoms with Gasteiger partial charge >= 0.3 is 0 Å². The third-order valence-electron chi connectivity index (χ3n) is 6.95. The number of aliphatic hydroxyl groups excluding tert-OH is 1. The Bertz CT molecular complexity index is 1170. The maximum Gasteiger partial charge on any atom is 0.254 e. The third kappa shape index (κ3) is 6.01. The molecule has 190 valence electrons. The zero-order valence-corrected chi connectivity index (χ0v) is 21.2. The number of fused-ring (bicyclic) bond motifs is 3. The number of aliphatic hydroxyl groups is 1. The van der Waals surface area contributed by atoms with Gasteiger partial charge in [0.25, 0.3) is 5.91 Å². The summed E-state index contributed by atoms with van der Waals surface area (Å²) < 4.78 is 19.9. The molecule has 0 saturated heterocycles. The number of hydrogen-bond acceptors (Lipinski definition) is 4. The highest BCUT2D eigenvalue weighted by atomic mass is 19.1. The van der Waals surface area contributed by atoms with Crippen LogP contribution in [0.5, 0.6) is 0 Å². The van der Waals surface area contributed by atoms with Crippen molar-refractivity contribution >= 4 is 5.91 Å². The Hall–Kier alpha value is -3.06. The molecule has 1 aliphatic rings. The molecule has 36 heavy (non-hydrogen) atoms. The molecule has 1 heterocycles. The Kier molecular flexibility index (Phi) is 8.52. The first-order chi connectivity index (χ1) is 17.4. The van der Waals surface area contributed by atoms with Crippen LogP contribution in [0.3, 0.4) is 0 Å². The summed E-state index contributed by atoms with van der Waals surface area (Å²) in [4.78, 5) is 17.8. The summed E-state index contributed by atoms with van der Waals surface area (Å²) in [6, 6.07) is 21.9. The maximum atomic E-state index is 13.9. The fourth-order valence-corrected chi connectivity index (χ4v) is 4.82. The van der Waals surface area contributed by atoms with Crippen molar-refractivity contribution in [2.24, 2.45) is 5.92 Å². The predicted octanol–water partition coefficient (Wildman–Crippen LogP) is 4.98. The molecule has 5 nitrogen and oxygen atoms in total. The lowest BCUT2D eigenvalue weighted by molar-refractivity contribution is -0.0241. The van der Waals surface area contributed by atoms with Gasteiger partial charge in [-0.15, -0.1) is 0 Å². The summed E-state index contributed by atoms with van der Waals surface area (Å²) in [6.07, 6.45) is -0.161. The van der Waals surface area contributed by atoms with Crippen molar-refractivity contribution in [3.63, 3.8) is 0 Å². The van der Waals surface area contributed by atoms with Crippen LogP contribution in [0.15, 0.2) is 72.8 Å². The smallest absolute Gasteiger partial charge is 0.254 e. The Balaban J connectivity index is 1.67. The summed E-state index contributed by atoms with van der Waals surface area (Å²) in [7, 11) is 2.02. The minimum absolute atomic E-state index is 0.0102. The molecular formula is C30H35FN2O3. The van der Waals surface area contributed by atoms with E-state index in [-0.39, 0.29) is 36.4 Å². The molecule has 0 aliphatic carbocycles. The van der Waals surface area contributed by atoms with Gasteiger partial charge in [-0.25, -0.2) is 4.39 Å². The molecule has 0 bridgehead atoms. The van der Waals surface area contributed by atoms with Crippen LogP contribution in [-0.4, -0.2) is 59.7 Å². The van der Waals surface area contributed by atoms with Crippen LogP contribution in [0.4, 0.5) is 4.39 Å². The quantitative estimate of drug-likeness (QED) is 0.529. The second kappa shape index (κ2) is 11.8. The number of benzene rings is 3. The average molecular weight is 491 g/mol. The van der Waals surface area contributed by atoms with Gasteiger partial charge in [-0.3, -0.25) is 9.69 Å². The Labute approximate surface area is 213 Å². The van der Waals surface area contributed by atoms with Gasteiger partial charge in [-0.1, -0.05) is 61.5 Å². The van der Waals surface area contributed by atoms with E-state index >= 15 is 0 Å². The van der Waals surface area contributed by atoms with Crippen molar-refractivity contribution in [1.29, 1.82) is 0 Å². The van der Waals surface area contributed by atoms with E-state index < -0.39 is 0 Å². The first-order valence-electron chi connectivity index (χ1n) is 12.5. The van der Waals surface area contributed by atoms with Crippen LogP contribution in [0, 0.1) is 11.7 Å². The van der Waals surface area contributed by atoms with Gasteiger partial charge in [-0.05, 0) is 54.4 Å². The number of likely N-dealkylation sites (N-methyl/N-ethyl adjacent to an activating group) is 1. The number of ether oxygens (including phenoxy) is 1. The summed E-state index contributed by atoms with van der Waals surface area (Å²) in [5.41, 5.74) is 4.53. The number of carbonyl (C=O) groups is 1. The molecule has 0 radical (unpaired) electrons. The van der Waals surface area contributed by atoms with E-state index in [4.69, 9.17) is 4.74 Å². The van der Waals surface area contributed by atoms with Gasteiger partial charge in [0.2, 0.25) is 0 Å². The predicted molar refractivity (Wildman–Crippen MR) is 140 cm³/mol. The maximum absolute atomic E-state index is 13.9. The normalized spacial score (nSPS) is 19.4. The highest BCUT2D eigenvalue weighted by molar-refractivity contribution is 6.01. The number of nitrogens with zero attached hydrogens (tertiary/aromatic N) is 2. The van der Waals surface area contributed by atoms with E-state index in [2.05, 4.69) is 11.8 Å². The standard InChI is InChI=1S/C30H35FN2O3/c1-21-16-33(22(2)19-34)30(35)28-11-7-6-10-27(28)26-9-5-4-8-24(26)20-36-29(21)18-32(3)17-23-12-14-25(31)15-13-23/h4-15,21-22,29,34H,16-20H2,1-3H3/t21-,22-,29-/m0/s1. The minimum Gasteiger partial charge on any atom is -0.394 e. The first-order valence-corrected chi connectivity index (χ1v) is 12.5. The molecule has 3 aromatic carbocycles. The average Bonchev–Trinajstić information content (AvgIpc) is 2.91. The first kappa shape index (κ1) is 26.0. The molecule has 1 amide bonds. The molecule has 0 saturated carbocycles. The van der Waals surface area contributed by atoms with Crippen LogP contribution in [0.25, 0.3) is 11.1 Å². The van der Waals surface area contributed by atoms with Gasteiger partial charge in [0.15, 0.2) is 0 Å². The number of amides is 1. The lowest BCUT2D eigenvalue weighted by Crippen LogP contribution is -2.47. The monoisotopic (exact) mass is 490 g/mol. The van der Waals surface area contributed by atoms with Crippen LogP contribution < -0.4 is 0 Å². The second-order valence-corrected chi connectivity index (χ2v) is 9.84. The zero-order valence-electron chi connectivity index (χ0n) is 21.2. The topological polar surface area (TPSA) is 53.0 Å². The minimum atomic E-state index is -0.332. The van der Waals surface area contributed by atoms with Crippen molar-refractivity contribution in [1.82, 2.24) is 9.80 Å². The molecule has 0 fully saturated rings. The molecular weight excluding hydrogens is 455 g/mol. The second-order valence-electron chi connectivity index (χ2n) is 9.84. The molecule has 1 aliphatic heterocycles. The van der Waals surface area contributed by atoms with E-state index in [1.807, 2.05) is 62.5 Å². The highest BCUT2D eigenvalue weighted by Gasteiger charge is 2.30. The number of halogens is 1. The SMILES string of the molecule is C[C@H]1CN([C@@H](C)CO)C(=O)c2ccccc2-c2ccccc2CO[C@H]1CN(C)Cc1ccc(F)cc1. The molecule has 3 aromatic rings. The van der Waals surface area contributed by atoms with E-state index in [0.29, 0.717) is 31.8 Å². The molecule has 4 rings (SSSR count). The van der Waals surface area contributed by atoms with E-state index in [0.717, 1.165) is 22.3 Å². The molecule has 0 aromatic heterocycles. The fourth-order valence-electron chi connectivity index (χ4n) is 4.82. The van der Waals surface area contributed by atoms with Crippen LogP contribution in [0.1, 0.15) is 35.3 Å². The van der Waals surface area contributed by atoms with Crippen LogP contribution >= 0.6 is 0 Å². The molecule has 1 N–H and O–H groups in total. The van der Waals surface area contributed by atoms with Gasteiger partial charge in [0.05, 0.1) is 25.4 Å². The summed E-state index contributed by atoms with van der Waals surface area (Å²) in [6.45, 7) is 6.03. The number of rotatable bonds is 6. The Morgan fingerprint density at radius 2 is 1.67 bits per heavy atom. The molecule has 6 heteroatoms. The highest BCUT2D eigenvalue weighted by Crippen LogP contribution is 2.31. The lowest BCUT2D eigenvalue weighted by atomic mass is 9.94. The molecule has 0 unspecified atom stereocenters. The largest absolute Gasteiger partial charge is 0.394 e. The zero-order chi connectivity index (χ0) is 25.7.